The number of benzene rings is 1. The predicted molar refractivity (Wildman–Crippen MR) is 55.5 cm³/mol. The van der Waals surface area contributed by atoms with E-state index in [-0.39, 0.29) is 0 Å². The van der Waals surface area contributed by atoms with Crippen LogP contribution in [0.4, 0.5) is 0 Å². The quantitative estimate of drug-likeness (QED) is 0.854. The first-order valence-electron chi connectivity index (χ1n) is 4.08. The van der Waals surface area contributed by atoms with E-state index in [0.717, 1.165) is 16.8 Å². The van der Waals surface area contributed by atoms with Gasteiger partial charge in [0.2, 0.25) is 0 Å². The van der Waals surface area contributed by atoms with Crippen LogP contribution in [-0.4, -0.2) is 9.97 Å². The van der Waals surface area contributed by atoms with Crippen molar-refractivity contribution < 1.29 is 0 Å². The third-order valence-electron chi connectivity index (χ3n) is 1.83. The maximum atomic E-state index is 4.07. The Labute approximate surface area is 85.1 Å². The largest absolute Gasteiger partial charge is 0.336 e. The van der Waals surface area contributed by atoms with Crippen LogP contribution in [0, 0.1) is 0 Å². The fourth-order valence-corrected chi connectivity index (χ4v) is 1.59. The zero-order valence-corrected chi connectivity index (χ0v) is 8.58. The van der Waals surface area contributed by atoms with Gasteiger partial charge in [0.15, 0.2) is 4.73 Å². The van der Waals surface area contributed by atoms with Gasteiger partial charge in [-0.1, -0.05) is 30.3 Å². The molecule has 0 fully saturated rings. The van der Waals surface area contributed by atoms with E-state index in [2.05, 4.69) is 38.0 Å². The highest BCUT2D eigenvalue weighted by Gasteiger charge is 1.98. The van der Waals surface area contributed by atoms with Crippen molar-refractivity contribution in [2.75, 3.05) is 0 Å². The van der Waals surface area contributed by atoms with Crippen molar-refractivity contribution in [2.45, 2.75) is 6.42 Å². The van der Waals surface area contributed by atoms with E-state index in [1.54, 1.807) is 0 Å². The first-order valence-corrected chi connectivity index (χ1v) is 4.87. The van der Waals surface area contributed by atoms with Crippen molar-refractivity contribution in [2.24, 2.45) is 0 Å². The van der Waals surface area contributed by atoms with Crippen molar-refractivity contribution in [1.29, 1.82) is 0 Å². The molecule has 2 nitrogen and oxygen atoms in total. The Morgan fingerprint density at radius 2 is 2.00 bits per heavy atom. The van der Waals surface area contributed by atoms with E-state index in [0.29, 0.717) is 0 Å². The minimum atomic E-state index is 0.790. The van der Waals surface area contributed by atoms with Crippen LogP contribution in [0.2, 0.25) is 0 Å². The summed E-state index contributed by atoms with van der Waals surface area (Å²) in [6.45, 7) is 0. The van der Waals surface area contributed by atoms with Crippen molar-refractivity contribution in [1.82, 2.24) is 9.97 Å². The van der Waals surface area contributed by atoms with Gasteiger partial charge < -0.3 is 4.98 Å². The lowest BCUT2D eigenvalue weighted by Crippen LogP contribution is -1.86. The lowest BCUT2D eigenvalue weighted by molar-refractivity contribution is 1.09. The molecule has 0 bridgehead atoms. The molecular weight excluding hydrogens is 228 g/mol. The first-order chi connectivity index (χ1) is 6.34. The van der Waals surface area contributed by atoms with Gasteiger partial charge in [0.25, 0.3) is 0 Å². The molecule has 13 heavy (non-hydrogen) atoms. The molecular formula is C10H9BrN2. The molecule has 0 unspecified atom stereocenters. The second kappa shape index (κ2) is 3.75. The van der Waals surface area contributed by atoms with Crippen LogP contribution < -0.4 is 0 Å². The predicted octanol–water partition coefficient (Wildman–Crippen LogP) is 2.76. The summed E-state index contributed by atoms with van der Waals surface area (Å²) in [6, 6.07) is 10.3. The van der Waals surface area contributed by atoms with Gasteiger partial charge in [-0.2, -0.15) is 0 Å². The molecule has 1 aromatic carbocycles. The van der Waals surface area contributed by atoms with Crippen LogP contribution in [0.5, 0.6) is 0 Å². The highest BCUT2D eigenvalue weighted by Crippen LogP contribution is 2.09. The Bertz CT molecular complexity index is 381. The molecule has 2 rings (SSSR count). The SMILES string of the molecule is Brc1ncc(Cc2ccccc2)[nH]1. The number of hydrogen-bond donors (Lipinski definition) is 1. The molecule has 3 heteroatoms. The summed E-state index contributed by atoms with van der Waals surface area (Å²) < 4.78 is 0.790. The maximum absolute atomic E-state index is 4.07. The van der Waals surface area contributed by atoms with Crippen molar-refractivity contribution in [3.8, 4) is 0 Å². The van der Waals surface area contributed by atoms with Gasteiger partial charge in [-0.3, -0.25) is 0 Å². The average Bonchev–Trinajstić information content (AvgIpc) is 2.53. The maximum Gasteiger partial charge on any atom is 0.174 e. The van der Waals surface area contributed by atoms with Crippen molar-refractivity contribution in [3.63, 3.8) is 0 Å². The Morgan fingerprint density at radius 1 is 1.23 bits per heavy atom. The van der Waals surface area contributed by atoms with Crippen LogP contribution >= 0.6 is 15.9 Å². The summed E-state index contributed by atoms with van der Waals surface area (Å²) >= 11 is 3.28. The molecule has 0 saturated heterocycles. The average molecular weight is 237 g/mol. The zero-order valence-electron chi connectivity index (χ0n) is 7.00. The third-order valence-corrected chi connectivity index (χ3v) is 2.24. The molecule has 2 aromatic rings. The number of nitrogens with zero attached hydrogens (tertiary/aromatic N) is 1. The number of halogens is 1. The molecule has 0 aliphatic carbocycles. The second-order valence-corrected chi connectivity index (χ2v) is 3.61. The molecule has 1 N–H and O–H groups in total. The molecule has 1 heterocycles. The van der Waals surface area contributed by atoms with E-state index in [4.69, 9.17) is 0 Å². The second-order valence-electron chi connectivity index (χ2n) is 2.86. The number of rotatable bonds is 2. The Balaban J connectivity index is 2.15. The van der Waals surface area contributed by atoms with Gasteiger partial charge in [0, 0.05) is 18.3 Å². The Kier molecular flexibility index (Phi) is 2.45. The highest BCUT2D eigenvalue weighted by atomic mass is 79.9. The molecule has 1 aromatic heterocycles. The van der Waals surface area contributed by atoms with E-state index in [9.17, 15) is 0 Å². The molecule has 0 radical (unpaired) electrons. The lowest BCUT2D eigenvalue weighted by atomic mass is 10.1. The Hall–Kier alpha value is -1.09. The van der Waals surface area contributed by atoms with Gasteiger partial charge >= 0.3 is 0 Å². The number of nitrogens with one attached hydrogen (secondary N) is 1. The number of H-pyrrole nitrogens is 1. The minimum Gasteiger partial charge on any atom is -0.336 e. The number of aromatic nitrogens is 2. The molecule has 0 atom stereocenters. The minimum absolute atomic E-state index is 0.790. The molecule has 0 aliphatic rings. The molecule has 0 saturated carbocycles. The summed E-state index contributed by atoms with van der Waals surface area (Å²) in [6.07, 6.45) is 2.75. The molecule has 0 aliphatic heterocycles. The highest BCUT2D eigenvalue weighted by molar-refractivity contribution is 9.10. The van der Waals surface area contributed by atoms with Gasteiger partial charge in [0.1, 0.15) is 0 Å². The summed E-state index contributed by atoms with van der Waals surface area (Å²) in [5.74, 6) is 0. The van der Waals surface area contributed by atoms with Gasteiger partial charge in [-0.15, -0.1) is 0 Å². The standard InChI is InChI=1S/C10H9BrN2/c11-10-12-7-9(13-10)6-8-4-2-1-3-5-8/h1-5,7H,6H2,(H,12,13). The van der Waals surface area contributed by atoms with Crippen LogP contribution in [0.25, 0.3) is 0 Å². The molecule has 66 valence electrons. The van der Waals surface area contributed by atoms with Gasteiger partial charge in [-0.05, 0) is 21.5 Å². The van der Waals surface area contributed by atoms with E-state index < -0.39 is 0 Å². The molecule has 0 amide bonds. The fraction of sp³-hybridized carbons (Fsp3) is 0.100. The lowest BCUT2D eigenvalue weighted by Gasteiger charge is -1.96. The topological polar surface area (TPSA) is 28.7 Å². The number of aromatic amines is 1. The summed E-state index contributed by atoms with van der Waals surface area (Å²) in [5.41, 5.74) is 2.41. The fourth-order valence-electron chi connectivity index (χ4n) is 1.24. The van der Waals surface area contributed by atoms with Crippen LogP contribution in [-0.2, 0) is 6.42 Å². The third kappa shape index (κ3) is 2.18. The van der Waals surface area contributed by atoms with Crippen molar-refractivity contribution >= 4 is 15.9 Å². The summed E-state index contributed by atoms with van der Waals surface area (Å²) in [4.78, 5) is 7.20. The summed E-state index contributed by atoms with van der Waals surface area (Å²) in [7, 11) is 0. The van der Waals surface area contributed by atoms with E-state index in [1.165, 1.54) is 5.56 Å². The number of hydrogen-bond acceptors (Lipinski definition) is 1. The normalized spacial score (nSPS) is 10.2. The number of imidazole rings is 1. The smallest absolute Gasteiger partial charge is 0.174 e. The molecule has 0 spiro atoms. The van der Waals surface area contributed by atoms with E-state index >= 15 is 0 Å². The zero-order chi connectivity index (χ0) is 9.10. The monoisotopic (exact) mass is 236 g/mol. The van der Waals surface area contributed by atoms with Crippen LogP contribution in [0.15, 0.2) is 41.3 Å². The van der Waals surface area contributed by atoms with Crippen molar-refractivity contribution in [3.05, 3.63) is 52.5 Å². The first kappa shape index (κ1) is 8.51. The Morgan fingerprint density at radius 3 is 2.62 bits per heavy atom. The van der Waals surface area contributed by atoms with Gasteiger partial charge in [0.05, 0.1) is 0 Å². The van der Waals surface area contributed by atoms with Gasteiger partial charge in [-0.25, -0.2) is 4.98 Å². The summed E-state index contributed by atoms with van der Waals surface area (Å²) in [5, 5.41) is 0. The van der Waals surface area contributed by atoms with Crippen LogP contribution in [0.3, 0.4) is 0 Å². The van der Waals surface area contributed by atoms with E-state index in [1.807, 2.05) is 24.4 Å². The van der Waals surface area contributed by atoms with Crippen LogP contribution in [0.1, 0.15) is 11.3 Å².